The lowest BCUT2D eigenvalue weighted by Crippen LogP contribution is -2.58. The highest BCUT2D eigenvalue weighted by molar-refractivity contribution is 6.30. The first kappa shape index (κ1) is 29.0. The van der Waals surface area contributed by atoms with Crippen LogP contribution in [0, 0.1) is 5.92 Å². The van der Waals surface area contributed by atoms with E-state index >= 15 is 0 Å². The smallest absolute Gasteiger partial charge is 0.336 e. The van der Waals surface area contributed by atoms with Gasteiger partial charge in [-0.2, -0.15) is 0 Å². The number of aromatic nitrogens is 3. The molecule has 0 amide bonds. The van der Waals surface area contributed by atoms with Crippen LogP contribution in [0.2, 0.25) is 5.02 Å². The maximum Gasteiger partial charge on any atom is 0.336 e. The zero-order valence-electron chi connectivity index (χ0n) is 23.0. The Morgan fingerprint density at radius 1 is 1.02 bits per heavy atom. The second-order valence-electron chi connectivity index (χ2n) is 11.1. The minimum atomic E-state index is -1.84. The van der Waals surface area contributed by atoms with Gasteiger partial charge in [-0.3, -0.25) is 4.57 Å². The van der Waals surface area contributed by atoms with Crippen molar-refractivity contribution in [1.29, 1.82) is 0 Å². The van der Waals surface area contributed by atoms with E-state index in [1.807, 2.05) is 60.7 Å². The van der Waals surface area contributed by atoms with Crippen LogP contribution in [0.4, 0.5) is 0 Å². The van der Waals surface area contributed by atoms with Gasteiger partial charge in [-0.15, -0.1) is 0 Å². The summed E-state index contributed by atoms with van der Waals surface area (Å²) in [5.41, 5.74) is 1.53. The highest BCUT2D eigenvalue weighted by Gasteiger charge is 2.53. The fraction of sp³-hybridized carbons (Fsp3) is 0.312. The molecule has 6 rings (SSSR count). The number of carboxylic acid groups (broad SMARTS) is 1. The quantitative estimate of drug-likeness (QED) is 0.191. The zero-order chi connectivity index (χ0) is 30.1. The maximum absolute atomic E-state index is 13.3. The number of carbonyl (C=O) groups excluding carboxylic acids is 1. The van der Waals surface area contributed by atoms with Crippen LogP contribution in [0.1, 0.15) is 36.3 Å². The topological polar surface area (TPSA) is 144 Å². The predicted octanol–water partition coefficient (Wildman–Crippen LogP) is 4.05. The van der Waals surface area contributed by atoms with Crippen molar-refractivity contribution in [2.24, 2.45) is 5.92 Å². The minimum Gasteiger partial charge on any atom is -0.479 e. The molecule has 6 atom stereocenters. The molecule has 2 fully saturated rings. The molecular weight excluding hydrogens is 574 g/mol. The Morgan fingerprint density at radius 3 is 2.53 bits per heavy atom. The van der Waals surface area contributed by atoms with Crippen LogP contribution in [0.3, 0.4) is 0 Å². The number of nitrogens with zero attached hydrogens (tertiary/aromatic N) is 3. The molecule has 2 aromatic carbocycles. The first-order valence-electron chi connectivity index (χ1n) is 14.0. The van der Waals surface area contributed by atoms with Gasteiger partial charge in [0, 0.05) is 30.1 Å². The van der Waals surface area contributed by atoms with Crippen LogP contribution in [-0.2, 0) is 19.1 Å². The number of aliphatic hydroxyl groups excluding tert-OH is 2. The number of aliphatic hydroxyl groups is 2. The molecule has 4 aromatic rings. The van der Waals surface area contributed by atoms with Gasteiger partial charge < -0.3 is 24.8 Å². The highest BCUT2D eigenvalue weighted by atomic mass is 35.5. The third kappa shape index (κ3) is 6.05. The van der Waals surface area contributed by atoms with E-state index in [1.54, 1.807) is 23.2 Å². The average molecular weight is 604 g/mol. The molecule has 0 aliphatic heterocycles. The lowest BCUT2D eigenvalue weighted by Gasteiger charge is -2.42. The standard InChI is InChI=1S/C32H30ClN3O7/c33-22-10-8-19(9-11-22)23-13-21(23)17-42-32(31(40)41)15-26(37)29(39)27(16-32)43-28(38)14-25(20-5-2-1-3-6-20)36-18-35-30-24(36)7-4-12-34-30/h1-12,14,18,21,23,26-27,29,37,39H,13,15-17H2,(H,40,41)/b25-14+. The van der Waals surface area contributed by atoms with E-state index in [4.69, 9.17) is 21.1 Å². The molecule has 2 aliphatic rings. The molecule has 11 heteroatoms. The van der Waals surface area contributed by atoms with Gasteiger partial charge in [-0.05, 0) is 53.6 Å². The molecule has 2 heterocycles. The van der Waals surface area contributed by atoms with Crippen LogP contribution < -0.4 is 0 Å². The van der Waals surface area contributed by atoms with Gasteiger partial charge in [0.2, 0.25) is 0 Å². The lowest BCUT2D eigenvalue weighted by atomic mass is 9.79. The van der Waals surface area contributed by atoms with Crippen LogP contribution in [0.15, 0.2) is 85.3 Å². The molecule has 0 saturated heterocycles. The van der Waals surface area contributed by atoms with E-state index in [-0.39, 0.29) is 31.3 Å². The van der Waals surface area contributed by atoms with Gasteiger partial charge in [0.05, 0.1) is 23.9 Å². The van der Waals surface area contributed by atoms with Crippen molar-refractivity contribution in [3.8, 4) is 0 Å². The first-order chi connectivity index (χ1) is 20.7. The highest BCUT2D eigenvalue weighted by Crippen LogP contribution is 2.49. The number of esters is 1. The van der Waals surface area contributed by atoms with Gasteiger partial charge in [0.1, 0.15) is 18.5 Å². The number of hydrogen-bond donors (Lipinski definition) is 3. The van der Waals surface area contributed by atoms with E-state index in [9.17, 15) is 24.9 Å². The van der Waals surface area contributed by atoms with Gasteiger partial charge in [-0.25, -0.2) is 19.6 Å². The third-order valence-electron chi connectivity index (χ3n) is 8.20. The summed E-state index contributed by atoms with van der Waals surface area (Å²) in [4.78, 5) is 34.4. The maximum atomic E-state index is 13.3. The number of fused-ring (bicyclic) bond motifs is 1. The molecule has 2 aliphatic carbocycles. The van der Waals surface area contributed by atoms with Crippen LogP contribution in [0.25, 0.3) is 16.9 Å². The molecule has 10 nitrogen and oxygen atoms in total. The molecule has 43 heavy (non-hydrogen) atoms. The van der Waals surface area contributed by atoms with Gasteiger partial charge >= 0.3 is 11.9 Å². The van der Waals surface area contributed by atoms with Crippen LogP contribution in [-0.4, -0.2) is 72.3 Å². The molecule has 0 radical (unpaired) electrons. The van der Waals surface area contributed by atoms with Gasteiger partial charge in [-0.1, -0.05) is 54.1 Å². The fourth-order valence-corrected chi connectivity index (χ4v) is 5.88. The second kappa shape index (κ2) is 11.9. The molecular formula is C32H30ClN3O7. The first-order valence-corrected chi connectivity index (χ1v) is 14.4. The molecule has 3 N–H and O–H groups in total. The Morgan fingerprint density at radius 2 is 1.79 bits per heavy atom. The Balaban J connectivity index is 1.21. The summed E-state index contributed by atoms with van der Waals surface area (Å²) in [5.74, 6) is -1.81. The van der Waals surface area contributed by atoms with Crippen molar-refractivity contribution in [3.05, 3.63) is 101 Å². The number of rotatable bonds is 9. The predicted molar refractivity (Wildman–Crippen MR) is 157 cm³/mol. The minimum absolute atomic E-state index is 0.0956. The monoisotopic (exact) mass is 603 g/mol. The fourth-order valence-electron chi connectivity index (χ4n) is 5.76. The molecule has 0 spiro atoms. The molecule has 2 aromatic heterocycles. The Bertz CT molecular complexity index is 1660. The third-order valence-corrected chi connectivity index (χ3v) is 8.45. The molecule has 222 valence electrons. The number of pyridine rings is 1. The number of ether oxygens (including phenoxy) is 2. The van der Waals surface area contributed by atoms with Crippen molar-refractivity contribution in [2.75, 3.05) is 6.61 Å². The van der Waals surface area contributed by atoms with Crippen molar-refractivity contribution in [2.45, 2.75) is 49.1 Å². The molecule has 6 unspecified atom stereocenters. The number of benzene rings is 2. The number of aliphatic carboxylic acids is 1. The number of hydrogen-bond acceptors (Lipinski definition) is 8. The van der Waals surface area contributed by atoms with E-state index in [1.165, 1.54) is 6.08 Å². The second-order valence-corrected chi connectivity index (χ2v) is 11.5. The summed E-state index contributed by atoms with van der Waals surface area (Å²) < 4.78 is 13.3. The summed E-state index contributed by atoms with van der Waals surface area (Å²) >= 11 is 5.99. The summed E-state index contributed by atoms with van der Waals surface area (Å²) in [7, 11) is 0. The number of halogens is 1. The van der Waals surface area contributed by atoms with Gasteiger partial charge in [0.15, 0.2) is 11.2 Å². The summed E-state index contributed by atoms with van der Waals surface area (Å²) in [5, 5.41) is 32.3. The lowest BCUT2D eigenvalue weighted by molar-refractivity contribution is -0.207. The Kier molecular flexibility index (Phi) is 8.02. The van der Waals surface area contributed by atoms with Crippen LogP contribution >= 0.6 is 11.6 Å². The zero-order valence-corrected chi connectivity index (χ0v) is 23.7. The normalized spacial score (nSPS) is 27.1. The van der Waals surface area contributed by atoms with Gasteiger partial charge in [0.25, 0.3) is 0 Å². The number of carbonyl (C=O) groups is 2. The van der Waals surface area contributed by atoms with Crippen molar-refractivity contribution in [1.82, 2.24) is 14.5 Å². The van der Waals surface area contributed by atoms with E-state index in [0.29, 0.717) is 27.4 Å². The Hall–Kier alpha value is -4.09. The van der Waals surface area contributed by atoms with Crippen LogP contribution in [0.5, 0.6) is 0 Å². The van der Waals surface area contributed by atoms with E-state index in [2.05, 4.69) is 9.97 Å². The van der Waals surface area contributed by atoms with Crippen molar-refractivity contribution < 1.29 is 34.4 Å². The van der Waals surface area contributed by atoms with E-state index in [0.717, 1.165) is 12.0 Å². The summed E-state index contributed by atoms with van der Waals surface area (Å²) in [6.07, 6.45) is 0.285. The molecule has 0 bridgehead atoms. The Labute approximate surface area is 252 Å². The number of imidazole rings is 1. The van der Waals surface area contributed by atoms with Crippen molar-refractivity contribution >= 4 is 40.4 Å². The number of carboxylic acids is 1. The summed E-state index contributed by atoms with van der Waals surface area (Å²) in [6.45, 7) is 0.142. The van der Waals surface area contributed by atoms with E-state index < -0.39 is 35.9 Å². The largest absolute Gasteiger partial charge is 0.479 e. The van der Waals surface area contributed by atoms with Crippen molar-refractivity contribution in [3.63, 3.8) is 0 Å². The molecule has 2 saturated carbocycles. The average Bonchev–Trinajstić information content (AvgIpc) is 3.66. The summed E-state index contributed by atoms with van der Waals surface area (Å²) in [6, 6.07) is 20.2. The SMILES string of the molecule is O=C(/C=C(\c1ccccc1)n1cnc2ncccc21)OC1CC(OCC2CC2c2ccc(Cl)cc2)(C(=O)O)CC(O)C1O.